The number of anilines is 1. The number of fused-ring (bicyclic) bond motifs is 1. The van der Waals surface area contributed by atoms with Crippen molar-refractivity contribution in [2.75, 3.05) is 24.6 Å². The summed E-state index contributed by atoms with van der Waals surface area (Å²) in [7, 11) is 1.70. The summed E-state index contributed by atoms with van der Waals surface area (Å²) in [5.41, 5.74) is 2.29. The van der Waals surface area contributed by atoms with Crippen molar-refractivity contribution in [1.82, 2.24) is 19.4 Å². The van der Waals surface area contributed by atoms with Crippen molar-refractivity contribution in [2.45, 2.75) is 58.2 Å². The molecule has 3 aromatic rings. The normalized spacial score (nSPS) is 20.4. The molecule has 1 saturated heterocycles. The Hall–Kier alpha value is -3.44. The lowest BCUT2D eigenvalue weighted by atomic mass is 10.0. The molecule has 0 unspecified atom stereocenters. The summed E-state index contributed by atoms with van der Waals surface area (Å²) in [5, 5.41) is 0. The van der Waals surface area contributed by atoms with Crippen molar-refractivity contribution < 1.29 is 4.74 Å². The van der Waals surface area contributed by atoms with Gasteiger partial charge in [-0.3, -0.25) is 9.47 Å². The van der Waals surface area contributed by atoms with E-state index in [1.807, 2.05) is 0 Å². The number of aromatic nitrogens is 3. The standard InChI is InChI=1S/C28H34N6O2/c1-5-21-17-34(27-26-24(32(4)28(35)31-27)13-14-25(29-3)30-26)22(6-2)16-33(21)15-19-9-11-23(12-10-19)36-18-20-7-8-20/h9-14,20-22H,5-8,15-18H2,1-2,4H3/t21-,22+/m1/s1. The van der Waals surface area contributed by atoms with Gasteiger partial charge in [0.1, 0.15) is 5.75 Å². The number of benzene rings is 1. The molecule has 2 aromatic heterocycles. The largest absolute Gasteiger partial charge is 0.493 e. The second kappa shape index (κ2) is 10.3. The third-order valence-electron chi connectivity index (χ3n) is 7.55. The predicted octanol–water partition coefficient (Wildman–Crippen LogP) is 4.55. The van der Waals surface area contributed by atoms with Crippen LogP contribution < -0.4 is 15.3 Å². The molecule has 0 radical (unpaired) electrons. The molecule has 0 spiro atoms. The minimum absolute atomic E-state index is 0.190. The number of pyridine rings is 1. The molecule has 2 atom stereocenters. The third-order valence-corrected chi connectivity index (χ3v) is 7.55. The first-order chi connectivity index (χ1) is 17.5. The minimum atomic E-state index is -0.302. The van der Waals surface area contributed by atoms with E-state index in [0.29, 0.717) is 28.7 Å². The quantitative estimate of drug-likeness (QED) is 0.435. The Morgan fingerprint density at radius 1 is 1.03 bits per heavy atom. The van der Waals surface area contributed by atoms with Crippen LogP contribution in [0, 0.1) is 12.5 Å². The van der Waals surface area contributed by atoms with Gasteiger partial charge in [-0.25, -0.2) is 4.79 Å². The summed E-state index contributed by atoms with van der Waals surface area (Å²) in [6.07, 6.45) is 4.49. The number of nitrogens with zero attached hydrogens (tertiary/aromatic N) is 6. The van der Waals surface area contributed by atoms with Crippen LogP contribution in [0.4, 0.5) is 11.6 Å². The van der Waals surface area contributed by atoms with Crippen molar-refractivity contribution in [3.63, 3.8) is 0 Å². The Labute approximate surface area is 212 Å². The number of hydrogen-bond donors (Lipinski definition) is 0. The zero-order valence-electron chi connectivity index (χ0n) is 21.4. The summed E-state index contributed by atoms with van der Waals surface area (Å²) >= 11 is 0. The van der Waals surface area contributed by atoms with Gasteiger partial charge < -0.3 is 14.5 Å². The molecule has 8 nitrogen and oxygen atoms in total. The van der Waals surface area contributed by atoms with E-state index in [1.165, 1.54) is 23.0 Å². The molecule has 0 amide bonds. The summed E-state index contributed by atoms with van der Waals surface area (Å²) in [5.74, 6) is 2.61. The van der Waals surface area contributed by atoms with Crippen molar-refractivity contribution in [3.05, 3.63) is 63.9 Å². The highest BCUT2D eigenvalue weighted by atomic mass is 16.5. The lowest BCUT2D eigenvalue weighted by Gasteiger charge is -2.46. The van der Waals surface area contributed by atoms with Gasteiger partial charge in [-0.15, -0.1) is 4.98 Å². The molecule has 1 saturated carbocycles. The average molecular weight is 487 g/mol. The van der Waals surface area contributed by atoms with Gasteiger partial charge in [0.15, 0.2) is 5.82 Å². The topological polar surface area (TPSA) is 67.9 Å². The van der Waals surface area contributed by atoms with Crippen molar-refractivity contribution in [3.8, 4) is 5.75 Å². The lowest BCUT2D eigenvalue weighted by Crippen LogP contribution is -2.58. The monoisotopic (exact) mass is 486 g/mol. The zero-order chi connectivity index (χ0) is 25.2. The van der Waals surface area contributed by atoms with Crippen LogP contribution in [-0.4, -0.2) is 51.2 Å². The molecule has 0 bridgehead atoms. The zero-order valence-corrected chi connectivity index (χ0v) is 21.4. The number of ether oxygens (including phenoxy) is 1. The SMILES string of the molecule is [C-]#[N+]c1ccc2c(n1)c(N1C[C@@H](CC)N(Cc3ccc(OCC4CC4)cc3)C[C@@H]1CC)nc(=O)n2C. The van der Waals surface area contributed by atoms with Gasteiger partial charge in [-0.05, 0) is 61.4 Å². The summed E-state index contributed by atoms with van der Waals surface area (Å²) < 4.78 is 7.41. The van der Waals surface area contributed by atoms with Crippen molar-refractivity contribution in [1.29, 1.82) is 0 Å². The van der Waals surface area contributed by atoms with E-state index < -0.39 is 0 Å². The Kier molecular flexibility index (Phi) is 6.92. The van der Waals surface area contributed by atoms with E-state index in [0.717, 1.165) is 50.8 Å². The molecule has 5 rings (SSSR count). The molecule has 1 aliphatic heterocycles. The second-order valence-electron chi connectivity index (χ2n) is 10.0. The van der Waals surface area contributed by atoms with Crippen LogP contribution in [0.3, 0.4) is 0 Å². The molecule has 1 aliphatic carbocycles. The summed E-state index contributed by atoms with van der Waals surface area (Å²) in [4.78, 5) is 30.1. The first kappa shape index (κ1) is 24.3. The molecule has 2 fully saturated rings. The Balaban J connectivity index is 1.39. The fourth-order valence-electron chi connectivity index (χ4n) is 5.08. The van der Waals surface area contributed by atoms with Gasteiger partial charge in [-0.1, -0.05) is 32.6 Å². The first-order valence-corrected chi connectivity index (χ1v) is 13.0. The van der Waals surface area contributed by atoms with Crippen LogP contribution >= 0.6 is 0 Å². The number of hydrogen-bond acceptors (Lipinski definition) is 6. The lowest BCUT2D eigenvalue weighted by molar-refractivity contribution is 0.136. The Bertz CT molecular complexity index is 1320. The van der Waals surface area contributed by atoms with Gasteiger partial charge in [-0.2, -0.15) is 4.98 Å². The van der Waals surface area contributed by atoms with Gasteiger partial charge in [0.05, 0.1) is 12.1 Å². The number of piperazine rings is 1. The minimum Gasteiger partial charge on any atom is -0.493 e. The molecular formula is C28H34N6O2. The summed E-state index contributed by atoms with van der Waals surface area (Å²) in [6.45, 7) is 15.1. The van der Waals surface area contributed by atoms with Crippen LogP contribution in [0.25, 0.3) is 15.9 Å². The smallest absolute Gasteiger partial charge is 0.350 e. The maximum atomic E-state index is 12.7. The molecule has 8 heteroatoms. The second-order valence-corrected chi connectivity index (χ2v) is 10.0. The first-order valence-electron chi connectivity index (χ1n) is 13.0. The molecule has 188 valence electrons. The van der Waals surface area contributed by atoms with Crippen LogP contribution in [-0.2, 0) is 13.6 Å². The molecule has 2 aliphatic rings. The van der Waals surface area contributed by atoms with E-state index in [1.54, 1.807) is 19.2 Å². The van der Waals surface area contributed by atoms with Gasteiger partial charge in [0.25, 0.3) is 5.82 Å². The predicted molar refractivity (Wildman–Crippen MR) is 142 cm³/mol. The Morgan fingerprint density at radius 2 is 1.78 bits per heavy atom. The van der Waals surface area contributed by atoms with E-state index in [4.69, 9.17) is 11.3 Å². The number of rotatable bonds is 8. The van der Waals surface area contributed by atoms with Crippen LogP contribution in [0.15, 0.2) is 41.2 Å². The number of aryl methyl sites for hydroxylation is 1. The van der Waals surface area contributed by atoms with Crippen molar-refractivity contribution >= 4 is 22.7 Å². The summed E-state index contributed by atoms with van der Waals surface area (Å²) in [6, 6.07) is 12.5. The van der Waals surface area contributed by atoms with E-state index in [2.05, 4.69) is 62.7 Å². The fourth-order valence-corrected chi connectivity index (χ4v) is 5.08. The fraction of sp³-hybridized carbons (Fsp3) is 0.500. The van der Waals surface area contributed by atoms with Gasteiger partial charge in [0.2, 0.25) is 5.52 Å². The highest BCUT2D eigenvalue weighted by molar-refractivity contribution is 5.87. The van der Waals surface area contributed by atoms with Crippen molar-refractivity contribution in [2.24, 2.45) is 13.0 Å². The molecule has 36 heavy (non-hydrogen) atoms. The Morgan fingerprint density at radius 3 is 2.44 bits per heavy atom. The van der Waals surface area contributed by atoms with E-state index in [-0.39, 0.29) is 11.7 Å². The third kappa shape index (κ3) is 4.93. The molecule has 3 heterocycles. The van der Waals surface area contributed by atoms with Crippen LogP contribution in [0.5, 0.6) is 5.75 Å². The highest BCUT2D eigenvalue weighted by Gasteiger charge is 2.35. The maximum Gasteiger partial charge on any atom is 0.350 e. The average Bonchev–Trinajstić information content (AvgIpc) is 3.74. The maximum absolute atomic E-state index is 12.7. The van der Waals surface area contributed by atoms with Crippen LogP contribution in [0.1, 0.15) is 45.1 Å². The molecule has 0 N–H and O–H groups in total. The van der Waals surface area contributed by atoms with E-state index >= 15 is 0 Å². The van der Waals surface area contributed by atoms with E-state index in [9.17, 15) is 4.79 Å². The van der Waals surface area contributed by atoms with Crippen LogP contribution in [0.2, 0.25) is 0 Å². The highest BCUT2D eigenvalue weighted by Crippen LogP contribution is 2.32. The molecule has 1 aromatic carbocycles. The van der Waals surface area contributed by atoms with Gasteiger partial charge >= 0.3 is 5.69 Å². The molecular weight excluding hydrogens is 452 g/mol. The van der Waals surface area contributed by atoms with Gasteiger partial charge in [0, 0.05) is 38.8 Å².